The van der Waals surface area contributed by atoms with Crippen molar-refractivity contribution in [1.82, 2.24) is 10.6 Å². The molecule has 1 aliphatic heterocycles. The smallest absolute Gasteiger partial charge is 0.400 e. The molecule has 1 heterocycles. The number of hydrogen-bond acceptors (Lipinski definition) is 7. The predicted octanol–water partition coefficient (Wildman–Crippen LogP) is 2.86. The Kier molecular flexibility index (Phi) is 7.76. The number of anilines is 1. The summed E-state index contributed by atoms with van der Waals surface area (Å²) in [4.78, 5) is 20.6. The van der Waals surface area contributed by atoms with Crippen molar-refractivity contribution in [3.8, 4) is 5.75 Å². The number of ether oxygens (including phenoxy) is 1. The molecule has 1 aromatic carbocycles. The lowest BCUT2D eigenvalue weighted by atomic mass is 9.98. The molecule has 1 amide bonds. The fourth-order valence-electron chi connectivity index (χ4n) is 3.24. The molecule has 4 N–H and O–H groups in total. The molecule has 2 unspecified atom stereocenters. The maximum absolute atomic E-state index is 13.5. The highest BCUT2D eigenvalue weighted by molar-refractivity contribution is 6.06. The number of halogens is 3. The van der Waals surface area contributed by atoms with Crippen LogP contribution in [0, 0.1) is 12.8 Å². The lowest BCUT2D eigenvalue weighted by Gasteiger charge is -2.29. The third-order valence-corrected chi connectivity index (χ3v) is 4.76. The fourth-order valence-corrected chi connectivity index (χ4v) is 3.24. The number of carbonyl (C=O) groups is 1. The van der Waals surface area contributed by atoms with Gasteiger partial charge in [-0.15, -0.1) is 0 Å². The summed E-state index contributed by atoms with van der Waals surface area (Å²) in [6.45, 7) is 8.27. The van der Waals surface area contributed by atoms with Gasteiger partial charge in [-0.1, -0.05) is 0 Å². The SMILES string of the molecule is CCNC1=NC(Nc2cc(C)c(C(=O)NCC(C)(C)O)cc2OC)=NC(C)C1C(F)(F)F. The minimum absolute atomic E-state index is 0.00545. The third-order valence-electron chi connectivity index (χ3n) is 4.76. The average Bonchev–Trinajstić information content (AvgIpc) is 2.64. The lowest BCUT2D eigenvalue weighted by molar-refractivity contribution is -0.159. The van der Waals surface area contributed by atoms with E-state index in [4.69, 9.17) is 4.74 Å². The van der Waals surface area contributed by atoms with E-state index >= 15 is 0 Å². The van der Waals surface area contributed by atoms with Gasteiger partial charge in [0.2, 0.25) is 5.96 Å². The number of rotatable bonds is 6. The number of hydrogen-bond donors (Lipinski definition) is 4. The summed E-state index contributed by atoms with van der Waals surface area (Å²) in [5, 5.41) is 18.1. The van der Waals surface area contributed by atoms with Gasteiger partial charge in [0.05, 0.1) is 24.4 Å². The molecular weight excluding hydrogens is 427 g/mol. The maximum atomic E-state index is 13.5. The van der Waals surface area contributed by atoms with Gasteiger partial charge in [0.15, 0.2) is 0 Å². The van der Waals surface area contributed by atoms with Crippen molar-refractivity contribution in [2.45, 2.75) is 52.4 Å². The minimum atomic E-state index is -4.48. The molecule has 0 fully saturated rings. The minimum Gasteiger partial charge on any atom is -0.495 e. The van der Waals surface area contributed by atoms with Gasteiger partial charge in [0.25, 0.3) is 5.91 Å². The normalized spacial score (nSPS) is 19.1. The maximum Gasteiger partial charge on any atom is 0.400 e. The molecule has 0 aromatic heterocycles. The van der Waals surface area contributed by atoms with E-state index in [1.54, 1.807) is 33.8 Å². The summed E-state index contributed by atoms with van der Waals surface area (Å²) in [6.07, 6.45) is -4.48. The molecule has 0 spiro atoms. The number of methoxy groups -OCH3 is 1. The zero-order valence-electron chi connectivity index (χ0n) is 19.0. The Hall–Kier alpha value is -2.82. The molecule has 0 aliphatic carbocycles. The topological polar surface area (TPSA) is 107 Å². The third kappa shape index (κ3) is 6.35. The number of aliphatic hydroxyl groups is 1. The Morgan fingerprint density at radius 1 is 1.28 bits per heavy atom. The summed E-state index contributed by atoms with van der Waals surface area (Å²) in [7, 11) is 1.41. The van der Waals surface area contributed by atoms with Crippen molar-refractivity contribution in [3.05, 3.63) is 23.3 Å². The quantitative estimate of drug-likeness (QED) is 0.526. The second-order valence-corrected chi connectivity index (χ2v) is 8.23. The number of carbonyl (C=O) groups excluding carboxylic acids is 1. The zero-order chi connectivity index (χ0) is 24.3. The Balaban J connectivity index is 2.33. The van der Waals surface area contributed by atoms with Gasteiger partial charge in [-0.3, -0.25) is 4.79 Å². The van der Waals surface area contributed by atoms with Crippen LogP contribution in [0.3, 0.4) is 0 Å². The average molecular weight is 457 g/mol. The molecule has 2 rings (SSSR count). The molecule has 1 aromatic rings. The molecule has 11 heteroatoms. The first-order valence-electron chi connectivity index (χ1n) is 10.2. The van der Waals surface area contributed by atoms with Crippen molar-refractivity contribution < 1.29 is 27.8 Å². The second kappa shape index (κ2) is 9.76. The predicted molar refractivity (Wildman–Crippen MR) is 118 cm³/mol. The van der Waals surface area contributed by atoms with Gasteiger partial charge in [-0.25, -0.2) is 4.99 Å². The van der Waals surface area contributed by atoms with Crippen LogP contribution < -0.4 is 20.7 Å². The number of amides is 1. The summed E-state index contributed by atoms with van der Waals surface area (Å²) >= 11 is 0. The summed E-state index contributed by atoms with van der Waals surface area (Å²) < 4.78 is 45.8. The molecule has 8 nitrogen and oxygen atoms in total. The molecule has 0 radical (unpaired) electrons. The van der Waals surface area contributed by atoms with Gasteiger partial charge in [-0.05, 0) is 52.3 Å². The Bertz CT molecular complexity index is 907. The van der Waals surface area contributed by atoms with Gasteiger partial charge >= 0.3 is 6.18 Å². The van der Waals surface area contributed by atoms with Crippen LogP contribution in [0.4, 0.5) is 18.9 Å². The second-order valence-electron chi connectivity index (χ2n) is 8.23. The van der Waals surface area contributed by atoms with Crippen LogP contribution in [0.15, 0.2) is 22.1 Å². The van der Waals surface area contributed by atoms with Crippen LogP contribution in [0.1, 0.15) is 43.6 Å². The van der Waals surface area contributed by atoms with E-state index in [1.165, 1.54) is 20.1 Å². The van der Waals surface area contributed by atoms with Crippen LogP contribution in [-0.2, 0) is 0 Å². The first kappa shape index (κ1) is 25.4. The fraction of sp³-hybridized carbons (Fsp3) is 0.571. The number of aliphatic imine (C=N–C) groups is 2. The van der Waals surface area contributed by atoms with Crippen molar-refractivity contribution >= 4 is 23.4 Å². The van der Waals surface area contributed by atoms with Gasteiger partial charge in [0, 0.05) is 18.7 Å². The van der Waals surface area contributed by atoms with Crippen LogP contribution in [-0.4, -0.2) is 60.8 Å². The van der Waals surface area contributed by atoms with Gasteiger partial charge in [-0.2, -0.15) is 18.2 Å². The van der Waals surface area contributed by atoms with E-state index in [0.717, 1.165) is 0 Å². The van der Waals surface area contributed by atoms with Crippen molar-refractivity contribution in [2.75, 3.05) is 25.5 Å². The van der Waals surface area contributed by atoms with E-state index in [-0.39, 0.29) is 30.6 Å². The van der Waals surface area contributed by atoms with E-state index in [9.17, 15) is 23.1 Å². The van der Waals surface area contributed by atoms with Crippen molar-refractivity contribution in [2.24, 2.45) is 15.9 Å². The number of alkyl halides is 3. The molecule has 178 valence electrons. The Labute approximate surface area is 185 Å². The number of nitrogens with zero attached hydrogens (tertiary/aromatic N) is 2. The zero-order valence-corrected chi connectivity index (χ0v) is 19.0. The van der Waals surface area contributed by atoms with E-state index in [1.807, 2.05) is 0 Å². The van der Waals surface area contributed by atoms with E-state index < -0.39 is 29.6 Å². The van der Waals surface area contributed by atoms with Gasteiger partial charge in [0.1, 0.15) is 17.5 Å². The number of benzene rings is 1. The number of nitrogens with one attached hydrogen (secondary N) is 3. The molecule has 0 saturated carbocycles. The first-order valence-corrected chi connectivity index (χ1v) is 10.2. The van der Waals surface area contributed by atoms with Crippen LogP contribution in [0.25, 0.3) is 0 Å². The number of aryl methyl sites for hydroxylation is 1. The first-order chi connectivity index (χ1) is 14.8. The Morgan fingerprint density at radius 3 is 2.47 bits per heavy atom. The summed E-state index contributed by atoms with van der Waals surface area (Å²) in [6, 6.07) is 2.06. The van der Waals surface area contributed by atoms with Crippen LogP contribution in [0.5, 0.6) is 5.75 Å². The molecule has 2 atom stereocenters. The highest BCUT2D eigenvalue weighted by Gasteiger charge is 2.48. The largest absolute Gasteiger partial charge is 0.495 e. The standard InChI is InChI=1S/C21H30F3N5O3/c1-7-25-17-16(21(22,23)24)12(3)27-19(29-17)28-14-8-11(2)13(9-15(14)32-6)18(30)26-10-20(4,5)31/h8-9,12,16,31H,7,10H2,1-6H3,(H,26,30)(H2,25,27,28,29). The molecule has 0 bridgehead atoms. The molecule has 32 heavy (non-hydrogen) atoms. The summed E-state index contributed by atoms with van der Waals surface area (Å²) in [5.74, 6) is -2.12. The lowest BCUT2D eigenvalue weighted by Crippen LogP contribution is -2.48. The van der Waals surface area contributed by atoms with Crippen LogP contribution >= 0.6 is 0 Å². The number of guanidine groups is 1. The van der Waals surface area contributed by atoms with Crippen LogP contribution in [0.2, 0.25) is 0 Å². The molecular formula is C21H30F3N5O3. The van der Waals surface area contributed by atoms with Crippen molar-refractivity contribution in [1.29, 1.82) is 0 Å². The van der Waals surface area contributed by atoms with E-state index in [2.05, 4.69) is 25.9 Å². The molecule has 0 saturated heterocycles. The highest BCUT2D eigenvalue weighted by Crippen LogP contribution is 2.34. The number of amidine groups is 1. The monoisotopic (exact) mass is 457 g/mol. The Morgan fingerprint density at radius 2 is 1.94 bits per heavy atom. The molecule has 1 aliphatic rings. The summed E-state index contributed by atoms with van der Waals surface area (Å²) in [5.41, 5.74) is 0.265. The highest BCUT2D eigenvalue weighted by atomic mass is 19.4. The van der Waals surface area contributed by atoms with E-state index in [0.29, 0.717) is 16.8 Å². The van der Waals surface area contributed by atoms with Gasteiger partial charge < -0.3 is 25.8 Å². The van der Waals surface area contributed by atoms with Crippen molar-refractivity contribution in [3.63, 3.8) is 0 Å².